The molecule has 2 aromatic rings. The van der Waals surface area contributed by atoms with E-state index in [0.29, 0.717) is 5.02 Å². The molecular formula is C21H23ClN4O5. The second-order valence-electron chi connectivity index (χ2n) is 7.42. The lowest BCUT2D eigenvalue weighted by Crippen LogP contribution is -2.49. The zero-order valence-corrected chi connectivity index (χ0v) is 17.9. The van der Waals surface area contributed by atoms with Crippen molar-refractivity contribution in [1.82, 2.24) is 19.7 Å². The van der Waals surface area contributed by atoms with Gasteiger partial charge in [0.1, 0.15) is 11.3 Å². The fourth-order valence-electron chi connectivity index (χ4n) is 3.42. The van der Waals surface area contributed by atoms with Crippen molar-refractivity contribution in [2.45, 2.75) is 19.5 Å². The summed E-state index contributed by atoms with van der Waals surface area (Å²) in [5.74, 6) is -0.900. The number of hydrogen-bond acceptors (Lipinski definition) is 4. The molecule has 0 bridgehead atoms. The number of nitrogens with one attached hydrogen (secondary N) is 1. The highest BCUT2D eigenvalue weighted by atomic mass is 35.5. The largest absolute Gasteiger partial charge is 0.465 e. The van der Waals surface area contributed by atoms with Crippen molar-refractivity contribution in [3.8, 4) is 0 Å². The van der Waals surface area contributed by atoms with Crippen LogP contribution in [-0.2, 0) is 6.54 Å². The number of carbonyl (C=O) groups excluding carboxylic acids is 2. The Kier molecular flexibility index (Phi) is 6.65. The van der Waals surface area contributed by atoms with E-state index in [-0.39, 0.29) is 49.4 Å². The molecule has 10 heteroatoms. The normalized spacial score (nSPS) is 15.4. The van der Waals surface area contributed by atoms with Gasteiger partial charge in [-0.1, -0.05) is 23.7 Å². The molecule has 0 aliphatic carbocycles. The molecule has 2 heterocycles. The molecule has 0 saturated carbocycles. The molecule has 9 nitrogen and oxygen atoms in total. The van der Waals surface area contributed by atoms with Crippen LogP contribution in [0, 0.1) is 0 Å². The van der Waals surface area contributed by atoms with Crippen molar-refractivity contribution in [3.05, 3.63) is 68.6 Å². The maximum Gasteiger partial charge on any atom is 0.407 e. The first-order valence-corrected chi connectivity index (χ1v) is 10.1. The van der Waals surface area contributed by atoms with E-state index in [9.17, 15) is 19.2 Å². The Labute approximate surface area is 183 Å². The van der Waals surface area contributed by atoms with Crippen LogP contribution in [0.15, 0.2) is 41.2 Å². The molecule has 0 fully saturated rings. The molecule has 1 aliphatic heterocycles. The summed E-state index contributed by atoms with van der Waals surface area (Å²) < 4.78 is 1.33. The van der Waals surface area contributed by atoms with Crippen LogP contribution in [0.4, 0.5) is 4.79 Å². The van der Waals surface area contributed by atoms with Gasteiger partial charge in [-0.05, 0) is 36.8 Å². The van der Waals surface area contributed by atoms with E-state index < -0.39 is 17.6 Å². The average Bonchev–Trinajstić information content (AvgIpc) is 2.74. The fraction of sp³-hybridized carbons (Fsp3) is 0.333. The third kappa shape index (κ3) is 4.88. The quantitative estimate of drug-likeness (QED) is 0.705. The third-order valence-electron chi connectivity index (χ3n) is 5.19. The van der Waals surface area contributed by atoms with Gasteiger partial charge < -0.3 is 20.2 Å². The van der Waals surface area contributed by atoms with Gasteiger partial charge >= 0.3 is 6.09 Å². The Balaban J connectivity index is 1.76. The van der Waals surface area contributed by atoms with E-state index in [1.165, 1.54) is 28.6 Å². The van der Waals surface area contributed by atoms with E-state index in [1.54, 1.807) is 31.2 Å². The first-order valence-electron chi connectivity index (χ1n) is 9.70. The molecule has 1 unspecified atom stereocenters. The van der Waals surface area contributed by atoms with Gasteiger partial charge in [0.25, 0.3) is 17.4 Å². The van der Waals surface area contributed by atoms with Crippen molar-refractivity contribution in [2.75, 3.05) is 26.7 Å². The molecular weight excluding hydrogens is 424 g/mol. The Hall–Kier alpha value is -3.33. The third-order valence-corrected chi connectivity index (χ3v) is 5.44. The van der Waals surface area contributed by atoms with Crippen LogP contribution in [-0.4, -0.2) is 64.1 Å². The lowest BCUT2D eigenvalue weighted by molar-refractivity contribution is 0.0649. The van der Waals surface area contributed by atoms with E-state index in [2.05, 4.69) is 5.32 Å². The fourth-order valence-corrected chi connectivity index (χ4v) is 3.55. The van der Waals surface area contributed by atoms with Crippen molar-refractivity contribution >= 4 is 29.5 Å². The number of hydrogen-bond donors (Lipinski definition) is 2. The van der Waals surface area contributed by atoms with Crippen LogP contribution in [0.2, 0.25) is 5.02 Å². The number of fused-ring (bicyclic) bond motifs is 1. The van der Waals surface area contributed by atoms with E-state index in [4.69, 9.17) is 16.7 Å². The molecule has 1 aliphatic rings. The minimum atomic E-state index is -1.08. The molecule has 0 spiro atoms. The number of aromatic nitrogens is 1. The van der Waals surface area contributed by atoms with Gasteiger partial charge in [0, 0.05) is 38.2 Å². The molecule has 1 atom stereocenters. The summed E-state index contributed by atoms with van der Waals surface area (Å²) in [6, 6.07) is 9.43. The zero-order chi connectivity index (χ0) is 22.7. The summed E-state index contributed by atoms with van der Waals surface area (Å²) in [5, 5.41) is 12.3. The zero-order valence-electron chi connectivity index (χ0n) is 17.2. The summed E-state index contributed by atoms with van der Waals surface area (Å²) in [7, 11) is 1.42. The van der Waals surface area contributed by atoms with Gasteiger partial charge in [0.05, 0.1) is 6.04 Å². The number of carbonyl (C=O) groups is 3. The summed E-state index contributed by atoms with van der Waals surface area (Å²) in [5.41, 5.74) is 0.433. The number of carboxylic acid groups (broad SMARTS) is 1. The Morgan fingerprint density at radius 2 is 1.87 bits per heavy atom. The van der Waals surface area contributed by atoms with Crippen molar-refractivity contribution in [2.24, 2.45) is 0 Å². The van der Waals surface area contributed by atoms with Crippen molar-refractivity contribution < 1.29 is 19.5 Å². The second-order valence-corrected chi connectivity index (χ2v) is 7.86. The minimum absolute atomic E-state index is 0.0450. The molecule has 164 valence electrons. The number of pyridine rings is 1. The Bertz CT molecular complexity index is 1070. The van der Waals surface area contributed by atoms with Crippen molar-refractivity contribution in [3.63, 3.8) is 0 Å². The van der Waals surface area contributed by atoms with Crippen LogP contribution in [0.3, 0.4) is 0 Å². The molecule has 3 amide bonds. The highest BCUT2D eigenvalue weighted by Crippen LogP contribution is 2.19. The topological polar surface area (TPSA) is 112 Å². The van der Waals surface area contributed by atoms with E-state index in [0.717, 1.165) is 10.5 Å². The number of halogens is 1. The molecule has 1 aromatic heterocycles. The van der Waals surface area contributed by atoms with Gasteiger partial charge in [-0.25, -0.2) is 4.79 Å². The van der Waals surface area contributed by atoms with Crippen LogP contribution >= 0.6 is 11.6 Å². The van der Waals surface area contributed by atoms with E-state index >= 15 is 0 Å². The molecule has 1 aromatic carbocycles. The van der Waals surface area contributed by atoms with Gasteiger partial charge in [0.15, 0.2) is 0 Å². The molecule has 2 N–H and O–H groups in total. The number of benzene rings is 1. The van der Waals surface area contributed by atoms with Crippen LogP contribution in [0.25, 0.3) is 0 Å². The first kappa shape index (κ1) is 22.4. The number of nitrogens with zero attached hydrogens (tertiary/aromatic N) is 3. The first-order chi connectivity index (χ1) is 14.7. The molecule has 0 saturated heterocycles. The number of rotatable bonds is 6. The lowest BCUT2D eigenvalue weighted by atomic mass is 10.1. The monoisotopic (exact) mass is 446 g/mol. The van der Waals surface area contributed by atoms with Gasteiger partial charge in [0.2, 0.25) is 0 Å². The van der Waals surface area contributed by atoms with Gasteiger partial charge in [-0.15, -0.1) is 0 Å². The molecule has 0 radical (unpaired) electrons. The van der Waals surface area contributed by atoms with Crippen molar-refractivity contribution in [1.29, 1.82) is 0 Å². The Morgan fingerprint density at radius 1 is 1.19 bits per heavy atom. The highest BCUT2D eigenvalue weighted by Gasteiger charge is 2.31. The van der Waals surface area contributed by atoms with Crippen LogP contribution in [0.5, 0.6) is 0 Å². The molecule has 31 heavy (non-hydrogen) atoms. The Morgan fingerprint density at radius 3 is 2.52 bits per heavy atom. The second kappa shape index (κ2) is 9.22. The number of likely N-dealkylation sites (N-methyl/N-ethyl adjacent to an activating group) is 1. The lowest BCUT2D eigenvalue weighted by Gasteiger charge is -2.34. The summed E-state index contributed by atoms with van der Waals surface area (Å²) in [6.45, 7) is 2.62. The summed E-state index contributed by atoms with van der Waals surface area (Å²) in [4.78, 5) is 51.9. The predicted molar refractivity (Wildman–Crippen MR) is 115 cm³/mol. The SMILES string of the molecule is CC1CN(CCN(C)C(=O)O)C(=O)c2ccc(C(=O)NCc3ccc(Cl)cc3)c(=O)n21. The number of amides is 3. The maximum absolute atomic E-state index is 13.0. The average molecular weight is 447 g/mol. The minimum Gasteiger partial charge on any atom is -0.465 e. The maximum atomic E-state index is 13.0. The predicted octanol–water partition coefficient (Wildman–Crippen LogP) is 2.06. The van der Waals surface area contributed by atoms with Gasteiger partial charge in [-0.2, -0.15) is 0 Å². The molecule has 3 rings (SSSR count). The van der Waals surface area contributed by atoms with Crippen LogP contribution < -0.4 is 10.9 Å². The standard InChI is InChI=1S/C21H23ClN4O5/c1-13-12-25(10-9-24(2)21(30)31)20(29)17-8-7-16(19(28)26(13)17)18(27)23-11-14-3-5-15(22)6-4-14/h3-8,13H,9-12H2,1-2H3,(H,23,27)(H,30,31). The smallest absolute Gasteiger partial charge is 0.407 e. The van der Waals surface area contributed by atoms with Gasteiger partial charge in [-0.3, -0.25) is 19.0 Å². The highest BCUT2D eigenvalue weighted by molar-refractivity contribution is 6.30. The van der Waals surface area contributed by atoms with E-state index in [1.807, 2.05) is 0 Å². The van der Waals surface area contributed by atoms with Crippen LogP contribution in [0.1, 0.15) is 39.4 Å². The summed E-state index contributed by atoms with van der Waals surface area (Å²) in [6.07, 6.45) is -1.08. The summed E-state index contributed by atoms with van der Waals surface area (Å²) >= 11 is 5.85.